The van der Waals surface area contributed by atoms with Gasteiger partial charge in [-0.15, -0.1) is 4.52 Å². The SMILES string of the molecule is NO[P+]([O])(OCc1ccccc1)Oc1ccc(O)cc1. The Balaban J connectivity index is 1.99. The Kier molecular flexibility index (Phi) is 4.89. The molecule has 2 rings (SSSR count). The van der Waals surface area contributed by atoms with Gasteiger partial charge < -0.3 is 5.11 Å². The van der Waals surface area contributed by atoms with Crippen molar-refractivity contribution in [2.24, 2.45) is 5.90 Å². The maximum atomic E-state index is 12.2. The Bertz CT molecular complexity index is 536. The summed E-state index contributed by atoms with van der Waals surface area (Å²) < 4.78 is 14.6. The summed E-state index contributed by atoms with van der Waals surface area (Å²) in [5, 5.41) is 9.15. The van der Waals surface area contributed by atoms with Crippen molar-refractivity contribution in [3.63, 3.8) is 0 Å². The Morgan fingerprint density at radius 3 is 2.30 bits per heavy atom. The van der Waals surface area contributed by atoms with Gasteiger partial charge in [0.2, 0.25) is 0 Å². The standard InChI is InChI=1S/C13H14NO5P/c14-19-20(16,17-10-11-4-2-1-3-5-11)18-13-8-6-12(15)7-9-13/h1-9,15H,10,14H2/q+1. The second kappa shape index (κ2) is 6.65. The predicted molar refractivity (Wildman–Crippen MR) is 72.8 cm³/mol. The van der Waals surface area contributed by atoms with Crippen LogP contribution in [0.2, 0.25) is 0 Å². The molecule has 1 atom stereocenters. The molecule has 2 aromatic carbocycles. The minimum atomic E-state index is -3.91. The summed E-state index contributed by atoms with van der Waals surface area (Å²) >= 11 is 0. The zero-order chi connectivity index (χ0) is 14.4. The van der Waals surface area contributed by atoms with E-state index in [0.717, 1.165) is 5.56 Å². The number of hydrogen-bond acceptors (Lipinski definition) is 5. The van der Waals surface area contributed by atoms with Crippen LogP contribution in [0.25, 0.3) is 0 Å². The molecule has 2 aromatic rings. The lowest BCUT2D eigenvalue weighted by Gasteiger charge is -2.10. The highest BCUT2D eigenvalue weighted by Crippen LogP contribution is 2.57. The molecule has 0 aliphatic carbocycles. The highest BCUT2D eigenvalue weighted by atomic mass is 31.2. The van der Waals surface area contributed by atoms with Crippen molar-refractivity contribution in [1.29, 1.82) is 0 Å². The van der Waals surface area contributed by atoms with Gasteiger partial charge in [-0.05, 0) is 29.8 Å². The molecule has 0 fully saturated rings. The van der Waals surface area contributed by atoms with Gasteiger partial charge >= 0.3 is 8.17 Å². The quantitative estimate of drug-likeness (QED) is 0.631. The number of hydrogen-bond donors (Lipinski definition) is 2. The summed E-state index contributed by atoms with van der Waals surface area (Å²) in [5.74, 6) is 5.26. The van der Waals surface area contributed by atoms with E-state index in [9.17, 15) is 4.89 Å². The van der Waals surface area contributed by atoms with Gasteiger partial charge in [0.05, 0.1) is 4.89 Å². The average molecular weight is 295 g/mol. The highest BCUT2D eigenvalue weighted by molar-refractivity contribution is 7.55. The van der Waals surface area contributed by atoms with Crippen LogP contribution in [-0.2, 0) is 20.6 Å². The summed E-state index contributed by atoms with van der Waals surface area (Å²) in [7, 11) is -3.91. The van der Waals surface area contributed by atoms with E-state index in [2.05, 4.69) is 4.62 Å². The second-order valence-corrected chi connectivity index (χ2v) is 5.44. The molecule has 0 aliphatic rings. The van der Waals surface area contributed by atoms with Gasteiger partial charge in [-0.3, -0.25) is 4.52 Å². The lowest BCUT2D eigenvalue weighted by atomic mass is 10.2. The topological polar surface area (TPSA) is 93.8 Å². The van der Waals surface area contributed by atoms with Crippen LogP contribution in [0.1, 0.15) is 5.56 Å². The number of aromatic hydroxyl groups is 1. The Morgan fingerprint density at radius 1 is 1.05 bits per heavy atom. The molecular weight excluding hydrogens is 281 g/mol. The van der Waals surface area contributed by atoms with Crippen molar-refractivity contribution in [3.05, 3.63) is 60.2 Å². The Morgan fingerprint density at radius 2 is 1.70 bits per heavy atom. The zero-order valence-electron chi connectivity index (χ0n) is 10.5. The van der Waals surface area contributed by atoms with Gasteiger partial charge in [-0.25, -0.2) is 0 Å². The minimum Gasteiger partial charge on any atom is -0.508 e. The molecule has 7 heteroatoms. The molecule has 0 saturated carbocycles. The minimum absolute atomic E-state index is 0.0351. The molecule has 0 spiro atoms. The second-order valence-electron chi connectivity index (χ2n) is 3.90. The van der Waals surface area contributed by atoms with E-state index >= 15 is 0 Å². The first-order valence-electron chi connectivity index (χ1n) is 5.77. The van der Waals surface area contributed by atoms with Crippen molar-refractivity contribution in [3.8, 4) is 11.5 Å². The van der Waals surface area contributed by atoms with Gasteiger partial charge in [0.25, 0.3) is 0 Å². The summed E-state index contributed by atoms with van der Waals surface area (Å²) in [6.45, 7) is 0.0351. The van der Waals surface area contributed by atoms with Crippen LogP contribution in [0, 0.1) is 0 Å². The molecule has 0 saturated heterocycles. The molecule has 1 unspecified atom stereocenters. The zero-order valence-corrected chi connectivity index (χ0v) is 11.4. The van der Waals surface area contributed by atoms with Crippen molar-refractivity contribution >= 4 is 8.17 Å². The number of nitrogens with two attached hydrogens (primary N) is 1. The van der Waals surface area contributed by atoms with Gasteiger partial charge in [0.15, 0.2) is 5.75 Å². The van der Waals surface area contributed by atoms with E-state index < -0.39 is 8.17 Å². The lowest BCUT2D eigenvalue weighted by Crippen LogP contribution is -2.11. The maximum absolute atomic E-state index is 12.2. The fourth-order valence-electron chi connectivity index (χ4n) is 1.44. The lowest BCUT2D eigenvalue weighted by molar-refractivity contribution is 0.0955. The molecule has 1 radical (unpaired) electrons. The first-order chi connectivity index (χ1) is 9.61. The average Bonchev–Trinajstić information content (AvgIpc) is 2.49. The van der Waals surface area contributed by atoms with Crippen LogP contribution >= 0.6 is 8.17 Å². The molecule has 105 valence electrons. The number of rotatable bonds is 6. The van der Waals surface area contributed by atoms with Gasteiger partial charge in [-0.1, -0.05) is 35.0 Å². The third-order valence-corrected chi connectivity index (χ3v) is 3.55. The molecule has 20 heavy (non-hydrogen) atoms. The summed E-state index contributed by atoms with van der Waals surface area (Å²) in [5.41, 5.74) is 0.805. The van der Waals surface area contributed by atoms with E-state index in [1.54, 1.807) is 12.1 Å². The van der Waals surface area contributed by atoms with Crippen molar-refractivity contribution < 1.29 is 23.7 Å². The van der Waals surface area contributed by atoms with Crippen LogP contribution in [0.15, 0.2) is 54.6 Å². The number of phenolic OH excluding ortho intramolecular Hbond substituents is 1. The molecule has 0 amide bonds. The largest absolute Gasteiger partial charge is 0.674 e. The van der Waals surface area contributed by atoms with E-state index in [1.165, 1.54) is 24.3 Å². The molecule has 0 aliphatic heterocycles. The Labute approximate surface area is 117 Å². The van der Waals surface area contributed by atoms with E-state index in [-0.39, 0.29) is 18.1 Å². The van der Waals surface area contributed by atoms with Crippen LogP contribution in [0.3, 0.4) is 0 Å². The van der Waals surface area contributed by atoms with E-state index in [4.69, 9.17) is 20.1 Å². The Hall–Kier alpha value is -1.69. The third kappa shape index (κ3) is 4.16. The maximum Gasteiger partial charge on any atom is 0.674 e. The van der Waals surface area contributed by atoms with Crippen LogP contribution < -0.4 is 10.4 Å². The number of benzene rings is 2. The monoisotopic (exact) mass is 295 g/mol. The van der Waals surface area contributed by atoms with Gasteiger partial charge in [0.1, 0.15) is 12.4 Å². The molecular formula is C13H14NO5P+. The smallest absolute Gasteiger partial charge is 0.508 e. The number of phenols is 1. The molecule has 0 heterocycles. The van der Waals surface area contributed by atoms with Crippen molar-refractivity contribution in [2.75, 3.05) is 0 Å². The summed E-state index contributed by atoms with van der Waals surface area (Å²) in [4.78, 5) is 12.2. The van der Waals surface area contributed by atoms with Gasteiger partial charge in [0, 0.05) is 0 Å². The predicted octanol–water partition coefficient (Wildman–Crippen LogP) is 2.99. The fourth-order valence-corrected chi connectivity index (χ4v) is 2.29. The van der Waals surface area contributed by atoms with Crippen molar-refractivity contribution in [2.45, 2.75) is 6.61 Å². The molecule has 0 bridgehead atoms. The van der Waals surface area contributed by atoms with E-state index in [0.29, 0.717) is 0 Å². The summed E-state index contributed by atoms with van der Waals surface area (Å²) in [6, 6.07) is 14.7. The van der Waals surface area contributed by atoms with E-state index in [1.807, 2.05) is 18.2 Å². The summed E-state index contributed by atoms with van der Waals surface area (Å²) in [6.07, 6.45) is 0. The van der Waals surface area contributed by atoms with Crippen LogP contribution in [0.4, 0.5) is 0 Å². The normalized spacial score (nSPS) is 13.7. The first kappa shape index (κ1) is 14.7. The van der Waals surface area contributed by atoms with Crippen LogP contribution in [0.5, 0.6) is 11.5 Å². The van der Waals surface area contributed by atoms with Gasteiger partial charge in [-0.2, -0.15) is 5.90 Å². The first-order valence-corrected chi connectivity index (χ1v) is 7.23. The molecule has 6 nitrogen and oxygen atoms in total. The third-order valence-electron chi connectivity index (χ3n) is 2.42. The molecule has 3 N–H and O–H groups in total. The molecule has 0 aromatic heterocycles. The highest BCUT2D eigenvalue weighted by Gasteiger charge is 2.50. The van der Waals surface area contributed by atoms with Crippen LogP contribution in [-0.4, -0.2) is 5.11 Å². The fraction of sp³-hybridized carbons (Fsp3) is 0.0769. The van der Waals surface area contributed by atoms with Crippen molar-refractivity contribution in [1.82, 2.24) is 0 Å².